The minimum atomic E-state index is -0.0294. The van der Waals surface area contributed by atoms with E-state index in [1.165, 1.54) is 11.1 Å². The van der Waals surface area contributed by atoms with Crippen LogP contribution in [0.15, 0.2) is 36.4 Å². The van der Waals surface area contributed by atoms with Gasteiger partial charge in [0, 0.05) is 12.1 Å². The van der Waals surface area contributed by atoms with Crippen molar-refractivity contribution < 1.29 is 9.53 Å². The van der Waals surface area contributed by atoms with Gasteiger partial charge in [-0.15, -0.1) is 0 Å². The Labute approximate surface area is 183 Å². The van der Waals surface area contributed by atoms with E-state index in [0.29, 0.717) is 12.1 Å². The van der Waals surface area contributed by atoms with Crippen LogP contribution in [0.1, 0.15) is 41.8 Å². The van der Waals surface area contributed by atoms with E-state index in [4.69, 9.17) is 9.72 Å². The predicted octanol–water partition coefficient (Wildman–Crippen LogP) is 5.30. The third-order valence-corrected chi connectivity index (χ3v) is 5.97. The standard InChI is InChI=1S/C24H31N3O2S/c1-16(2)29-20-10-8-19(9-11-20)23(28)27(13-7-12-26(5)6)24-25-21-15-17(3)14-18(4)22(21)30-24/h8-11,14-16H,7,12-13H2,1-6H3. The molecule has 0 N–H and O–H groups in total. The van der Waals surface area contributed by atoms with Crippen LogP contribution < -0.4 is 9.64 Å². The number of carbonyl (C=O) groups excluding carboxylic acids is 1. The van der Waals surface area contributed by atoms with Crippen LogP contribution in [0, 0.1) is 13.8 Å². The zero-order valence-electron chi connectivity index (χ0n) is 18.7. The maximum Gasteiger partial charge on any atom is 0.260 e. The van der Waals surface area contributed by atoms with Gasteiger partial charge in [-0.1, -0.05) is 17.4 Å². The summed E-state index contributed by atoms with van der Waals surface area (Å²) in [5, 5.41) is 0.755. The van der Waals surface area contributed by atoms with E-state index in [9.17, 15) is 4.79 Å². The number of ether oxygens (including phenoxy) is 1. The highest BCUT2D eigenvalue weighted by Crippen LogP contribution is 2.33. The molecule has 0 spiro atoms. The smallest absolute Gasteiger partial charge is 0.260 e. The van der Waals surface area contributed by atoms with Crippen molar-refractivity contribution in [1.29, 1.82) is 0 Å². The molecule has 6 heteroatoms. The van der Waals surface area contributed by atoms with Crippen molar-refractivity contribution in [1.82, 2.24) is 9.88 Å². The molecule has 160 valence electrons. The molecule has 2 aromatic carbocycles. The molecule has 3 aromatic rings. The molecule has 5 nitrogen and oxygen atoms in total. The summed E-state index contributed by atoms with van der Waals surface area (Å²) in [4.78, 5) is 22.2. The summed E-state index contributed by atoms with van der Waals surface area (Å²) in [7, 11) is 4.09. The normalized spacial score (nSPS) is 11.5. The summed E-state index contributed by atoms with van der Waals surface area (Å²) in [6.07, 6.45) is 0.977. The molecule has 0 atom stereocenters. The lowest BCUT2D eigenvalue weighted by molar-refractivity contribution is 0.0986. The highest BCUT2D eigenvalue weighted by molar-refractivity contribution is 7.22. The van der Waals surface area contributed by atoms with Gasteiger partial charge in [0.25, 0.3) is 5.91 Å². The molecule has 0 bridgehead atoms. The van der Waals surface area contributed by atoms with Gasteiger partial charge >= 0.3 is 0 Å². The van der Waals surface area contributed by atoms with E-state index in [1.54, 1.807) is 11.3 Å². The summed E-state index contributed by atoms with van der Waals surface area (Å²) in [5.41, 5.74) is 3.98. The number of carbonyl (C=O) groups is 1. The van der Waals surface area contributed by atoms with Crippen molar-refractivity contribution in [3.05, 3.63) is 53.1 Å². The summed E-state index contributed by atoms with van der Waals surface area (Å²) in [5.74, 6) is 0.741. The van der Waals surface area contributed by atoms with Crippen molar-refractivity contribution in [3.8, 4) is 5.75 Å². The molecular formula is C24H31N3O2S. The molecule has 0 aliphatic heterocycles. The topological polar surface area (TPSA) is 45.7 Å². The Morgan fingerprint density at radius 1 is 1.10 bits per heavy atom. The van der Waals surface area contributed by atoms with E-state index in [0.717, 1.165) is 34.1 Å². The number of hydrogen-bond donors (Lipinski definition) is 0. The van der Waals surface area contributed by atoms with Crippen LogP contribution in [0.3, 0.4) is 0 Å². The third-order valence-electron chi connectivity index (χ3n) is 4.74. The van der Waals surface area contributed by atoms with Crippen LogP contribution in [-0.4, -0.2) is 49.1 Å². The molecule has 0 aliphatic rings. The van der Waals surface area contributed by atoms with Crippen LogP contribution in [-0.2, 0) is 0 Å². The highest BCUT2D eigenvalue weighted by atomic mass is 32.1. The number of thiazole rings is 1. The van der Waals surface area contributed by atoms with Gasteiger partial charge in [0.1, 0.15) is 5.75 Å². The fourth-order valence-corrected chi connectivity index (χ4v) is 4.45. The number of amides is 1. The number of aryl methyl sites for hydroxylation is 2. The van der Waals surface area contributed by atoms with Gasteiger partial charge in [0.05, 0.1) is 16.3 Å². The monoisotopic (exact) mass is 425 g/mol. The molecule has 3 rings (SSSR count). The zero-order chi connectivity index (χ0) is 21.8. The van der Waals surface area contributed by atoms with E-state index in [-0.39, 0.29) is 12.0 Å². The molecule has 1 heterocycles. The van der Waals surface area contributed by atoms with Gasteiger partial charge in [0.15, 0.2) is 5.13 Å². The number of anilines is 1. The first kappa shape index (κ1) is 22.2. The first-order chi connectivity index (χ1) is 14.2. The molecule has 0 unspecified atom stereocenters. The summed E-state index contributed by atoms with van der Waals surface area (Å²) in [6, 6.07) is 11.6. The van der Waals surface area contributed by atoms with Crippen molar-refractivity contribution in [3.63, 3.8) is 0 Å². The fourth-order valence-electron chi connectivity index (χ4n) is 3.41. The van der Waals surface area contributed by atoms with E-state index in [2.05, 4.69) is 30.9 Å². The molecule has 0 fully saturated rings. The molecule has 1 amide bonds. The SMILES string of the molecule is Cc1cc(C)c2sc(N(CCCN(C)C)C(=O)c3ccc(OC(C)C)cc3)nc2c1. The Kier molecular flexibility index (Phi) is 7.10. The lowest BCUT2D eigenvalue weighted by Crippen LogP contribution is -2.33. The van der Waals surface area contributed by atoms with Crippen LogP contribution in [0.25, 0.3) is 10.2 Å². The molecule has 0 saturated heterocycles. The summed E-state index contributed by atoms with van der Waals surface area (Å²) in [6.45, 7) is 9.69. The molecule has 0 aliphatic carbocycles. The van der Waals surface area contributed by atoms with E-state index >= 15 is 0 Å². The number of benzene rings is 2. The maximum absolute atomic E-state index is 13.4. The Morgan fingerprint density at radius 3 is 2.43 bits per heavy atom. The van der Waals surface area contributed by atoms with Crippen molar-refractivity contribution in [2.24, 2.45) is 0 Å². The average molecular weight is 426 g/mol. The minimum absolute atomic E-state index is 0.0294. The Bertz CT molecular complexity index is 1010. The fraction of sp³-hybridized carbons (Fsp3) is 0.417. The molecule has 30 heavy (non-hydrogen) atoms. The Hall–Kier alpha value is -2.44. The number of fused-ring (bicyclic) bond motifs is 1. The second-order valence-corrected chi connectivity index (χ2v) is 9.21. The second kappa shape index (κ2) is 9.58. The molecular weight excluding hydrogens is 394 g/mol. The number of nitrogens with zero attached hydrogens (tertiary/aromatic N) is 3. The quantitative estimate of drug-likeness (QED) is 0.491. The third kappa shape index (κ3) is 5.37. The van der Waals surface area contributed by atoms with E-state index < -0.39 is 0 Å². The first-order valence-electron chi connectivity index (χ1n) is 10.4. The Morgan fingerprint density at radius 2 is 1.80 bits per heavy atom. The summed E-state index contributed by atoms with van der Waals surface area (Å²) >= 11 is 1.59. The van der Waals surface area contributed by atoms with Crippen LogP contribution >= 0.6 is 11.3 Å². The van der Waals surface area contributed by atoms with E-state index in [1.807, 2.05) is 57.1 Å². The van der Waals surface area contributed by atoms with Crippen molar-refractivity contribution in [2.75, 3.05) is 32.1 Å². The van der Waals surface area contributed by atoms with Crippen LogP contribution in [0.5, 0.6) is 5.75 Å². The summed E-state index contributed by atoms with van der Waals surface area (Å²) < 4.78 is 6.85. The Balaban J connectivity index is 1.92. The molecule has 0 saturated carbocycles. The number of hydrogen-bond acceptors (Lipinski definition) is 5. The van der Waals surface area contributed by atoms with Crippen molar-refractivity contribution in [2.45, 2.75) is 40.2 Å². The van der Waals surface area contributed by atoms with Gasteiger partial charge in [-0.3, -0.25) is 9.69 Å². The maximum atomic E-state index is 13.4. The lowest BCUT2D eigenvalue weighted by atomic mass is 10.1. The lowest BCUT2D eigenvalue weighted by Gasteiger charge is -2.21. The van der Waals surface area contributed by atoms with Crippen molar-refractivity contribution >= 4 is 32.6 Å². The second-order valence-electron chi connectivity index (χ2n) is 8.23. The molecule has 0 radical (unpaired) electrons. The van der Waals surface area contributed by atoms with Gasteiger partial charge in [-0.2, -0.15) is 0 Å². The largest absolute Gasteiger partial charge is 0.491 e. The highest BCUT2D eigenvalue weighted by Gasteiger charge is 2.22. The predicted molar refractivity (Wildman–Crippen MR) is 126 cm³/mol. The van der Waals surface area contributed by atoms with Crippen LogP contribution in [0.4, 0.5) is 5.13 Å². The zero-order valence-corrected chi connectivity index (χ0v) is 19.5. The number of aromatic nitrogens is 1. The van der Waals surface area contributed by atoms with Gasteiger partial charge in [-0.25, -0.2) is 4.98 Å². The number of rotatable bonds is 8. The van der Waals surface area contributed by atoms with Gasteiger partial charge in [-0.05, 0) is 96.2 Å². The van der Waals surface area contributed by atoms with Crippen LogP contribution in [0.2, 0.25) is 0 Å². The minimum Gasteiger partial charge on any atom is -0.491 e. The molecule has 1 aromatic heterocycles. The first-order valence-corrected chi connectivity index (χ1v) is 11.2. The average Bonchev–Trinajstić information content (AvgIpc) is 3.08. The van der Waals surface area contributed by atoms with Gasteiger partial charge in [0.2, 0.25) is 0 Å². The van der Waals surface area contributed by atoms with Gasteiger partial charge < -0.3 is 9.64 Å².